The van der Waals surface area contributed by atoms with Crippen molar-refractivity contribution in [3.63, 3.8) is 0 Å². The van der Waals surface area contributed by atoms with E-state index in [9.17, 15) is 13.2 Å². The molecule has 1 amide bonds. The van der Waals surface area contributed by atoms with Gasteiger partial charge in [0.15, 0.2) is 6.04 Å². The molecule has 0 unspecified atom stereocenters. The minimum Gasteiger partial charge on any atom is -0.337 e. The first-order chi connectivity index (χ1) is 13.6. The molecule has 0 saturated carbocycles. The minimum atomic E-state index is -3.49. The second kappa shape index (κ2) is 8.74. The number of aryl methyl sites for hydroxylation is 2. The molecule has 162 valence electrons. The van der Waals surface area contributed by atoms with Gasteiger partial charge in [0, 0.05) is 13.1 Å². The molecule has 0 radical (unpaired) electrons. The lowest BCUT2D eigenvalue weighted by molar-refractivity contribution is -0.918. The third-order valence-electron chi connectivity index (χ3n) is 6.48. The minimum absolute atomic E-state index is 0.126. The van der Waals surface area contributed by atoms with Crippen LogP contribution in [0.2, 0.25) is 0 Å². The third kappa shape index (κ3) is 4.84. The number of piperidine rings is 1. The average Bonchev–Trinajstić information content (AvgIpc) is 2.66. The van der Waals surface area contributed by atoms with Crippen LogP contribution in [0.1, 0.15) is 38.3 Å². The van der Waals surface area contributed by atoms with Crippen molar-refractivity contribution in [2.24, 2.45) is 11.8 Å². The van der Waals surface area contributed by atoms with Gasteiger partial charge in [-0.15, -0.1) is 0 Å². The van der Waals surface area contributed by atoms with Crippen molar-refractivity contribution in [2.75, 3.05) is 39.3 Å². The molecule has 2 heterocycles. The van der Waals surface area contributed by atoms with E-state index >= 15 is 0 Å². The fourth-order valence-electron chi connectivity index (χ4n) is 4.97. The van der Waals surface area contributed by atoms with Crippen molar-refractivity contribution in [3.8, 4) is 0 Å². The number of carbonyl (C=O) groups is 1. The fourth-order valence-corrected chi connectivity index (χ4v) is 6.61. The molecule has 2 fully saturated rings. The standard InChI is InChI=1S/C22H35N3O3S/c1-16-6-7-21(19(4)13-16)29(27,28)25-10-8-23(9-11-25)20(5)22(26)24-14-17(2)12-18(3)15-24/h6-7,13,17-18,20H,8-12,14-15H2,1-5H3/p+1/t17-,18-,20-/m0/s1. The van der Waals surface area contributed by atoms with Crippen LogP contribution in [0, 0.1) is 25.7 Å². The van der Waals surface area contributed by atoms with E-state index in [1.807, 2.05) is 37.8 Å². The van der Waals surface area contributed by atoms with E-state index in [0.717, 1.165) is 24.2 Å². The number of rotatable bonds is 4. The van der Waals surface area contributed by atoms with Crippen molar-refractivity contribution in [2.45, 2.75) is 52.0 Å². The number of quaternary nitrogens is 1. The molecule has 0 bridgehead atoms. The molecule has 3 atom stereocenters. The number of benzene rings is 1. The van der Waals surface area contributed by atoms with Gasteiger partial charge in [-0.05, 0) is 50.7 Å². The lowest BCUT2D eigenvalue weighted by Gasteiger charge is -2.39. The van der Waals surface area contributed by atoms with E-state index < -0.39 is 10.0 Å². The Bertz CT molecular complexity index is 837. The number of hydrogen-bond acceptors (Lipinski definition) is 3. The van der Waals surface area contributed by atoms with Crippen LogP contribution in [0.25, 0.3) is 0 Å². The number of carbonyl (C=O) groups excluding carboxylic acids is 1. The normalized spacial score (nSPS) is 25.8. The van der Waals surface area contributed by atoms with E-state index in [4.69, 9.17) is 0 Å². The summed E-state index contributed by atoms with van der Waals surface area (Å²) in [6.07, 6.45) is 1.18. The van der Waals surface area contributed by atoms with E-state index in [1.54, 1.807) is 10.4 Å². The van der Waals surface area contributed by atoms with E-state index in [1.165, 1.54) is 11.3 Å². The third-order valence-corrected chi connectivity index (χ3v) is 8.54. The summed E-state index contributed by atoms with van der Waals surface area (Å²) in [5, 5.41) is 0. The molecule has 1 aromatic carbocycles. The zero-order valence-electron chi connectivity index (χ0n) is 18.4. The molecule has 0 spiro atoms. The Morgan fingerprint density at radius 2 is 1.69 bits per heavy atom. The molecule has 0 aromatic heterocycles. The molecule has 6 nitrogen and oxygen atoms in total. The van der Waals surface area contributed by atoms with Crippen LogP contribution >= 0.6 is 0 Å². The molecule has 3 rings (SSSR count). The van der Waals surface area contributed by atoms with Gasteiger partial charge in [-0.2, -0.15) is 4.31 Å². The van der Waals surface area contributed by atoms with Crippen molar-refractivity contribution in [1.29, 1.82) is 0 Å². The number of hydrogen-bond donors (Lipinski definition) is 1. The van der Waals surface area contributed by atoms with Gasteiger partial charge >= 0.3 is 0 Å². The highest BCUT2D eigenvalue weighted by atomic mass is 32.2. The fraction of sp³-hybridized carbons (Fsp3) is 0.682. The Labute approximate surface area is 175 Å². The smallest absolute Gasteiger partial charge is 0.280 e. The summed E-state index contributed by atoms with van der Waals surface area (Å²) in [7, 11) is -3.49. The molecule has 7 heteroatoms. The summed E-state index contributed by atoms with van der Waals surface area (Å²) in [6.45, 7) is 14.2. The first-order valence-electron chi connectivity index (χ1n) is 10.8. The Morgan fingerprint density at radius 3 is 2.24 bits per heavy atom. The van der Waals surface area contributed by atoms with Crippen LogP contribution in [-0.4, -0.2) is 68.8 Å². The monoisotopic (exact) mass is 422 g/mol. The zero-order chi connectivity index (χ0) is 21.3. The van der Waals surface area contributed by atoms with Gasteiger partial charge in [-0.3, -0.25) is 4.79 Å². The second-order valence-electron chi connectivity index (χ2n) is 9.24. The molecule has 1 N–H and O–H groups in total. The van der Waals surface area contributed by atoms with Crippen molar-refractivity contribution in [1.82, 2.24) is 9.21 Å². The largest absolute Gasteiger partial charge is 0.337 e. The molecule has 2 aliphatic rings. The summed E-state index contributed by atoms with van der Waals surface area (Å²) < 4.78 is 27.8. The van der Waals surface area contributed by atoms with Crippen molar-refractivity contribution < 1.29 is 18.1 Å². The van der Waals surface area contributed by atoms with E-state index in [0.29, 0.717) is 42.9 Å². The number of piperazine rings is 1. The van der Waals surface area contributed by atoms with E-state index in [2.05, 4.69) is 13.8 Å². The summed E-state index contributed by atoms with van der Waals surface area (Å²) in [4.78, 5) is 16.6. The Morgan fingerprint density at radius 1 is 1.10 bits per heavy atom. The zero-order valence-corrected chi connectivity index (χ0v) is 19.3. The average molecular weight is 423 g/mol. The van der Waals surface area contributed by atoms with Gasteiger partial charge in [0.1, 0.15) is 0 Å². The second-order valence-corrected chi connectivity index (χ2v) is 11.1. The first kappa shape index (κ1) is 22.2. The number of nitrogens with zero attached hydrogens (tertiary/aromatic N) is 2. The first-order valence-corrected chi connectivity index (χ1v) is 12.2. The predicted octanol–water partition coefficient (Wildman–Crippen LogP) is 1.09. The van der Waals surface area contributed by atoms with Crippen molar-refractivity contribution >= 4 is 15.9 Å². The highest BCUT2D eigenvalue weighted by Crippen LogP contribution is 2.22. The predicted molar refractivity (Wildman–Crippen MR) is 114 cm³/mol. The topological polar surface area (TPSA) is 62.1 Å². The number of likely N-dealkylation sites (tertiary alicyclic amines) is 1. The quantitative estimate of drug-likeness (QED) is 0.790. The number of nitrogens with one attached hydrogen (secondary N) is 1. The van der Waals surface area contributed by atoms with Gasteiger partial charge in [-0.1, -0.05) is 31.5 Å². The van der Waals surface area contributed by atoms with Crippen molar-refractivity contribution in [3.05, 3.63) is 29.3 Å². The van der Waals surface area contributed by atoms with Crippen LogP contribution in [0.15, 0.2) is 23.1 Å². The summed E-state index contributed by atoms with van der Waals surface area (Å²) in [6, 6.07) is 5.35. The lowest BCUT2D eigenvalue weighted by atomic mass is 9.91. The van der Waals surface area contributed by atoms with Gasteiger partial charge < -0.3 is 9.80 Å². The van der Waals surface area contributed by atoms with Crippen LogP contribution in [0.3, 0.4) is 0 Å². The maximum absolute atomic E-state index is 13.1. The van der Waals surface area contributed by atoms with Crippen LogP contribution in [0.4, 0.5) is 0 Å². The Balaban J connectivity index is 1.63. The van der Waals surface area contributed by atoms with E-state index in [-0.39, 0.29) is 11.9 Å². The molecule has 2 aliphatic heterocycles. The van der Waals surface area contributed by atoms with Crippen LogP contribution in [-0.2, 0) is 14.8 Å². The van der Waals surface area contributed by atoms with Gasteiger partial charge in [0.05, 0.1) is 31.1 Å². The Kier molecular flexibility index (Phi) is 6.70. The molecule has 29 heavy (non-hydrogen) atoms. The molecular formula is C22H36N3O3S+. The maximum Gasteiger partial charge on any atom is 0.280 e. The highest BCUT2D eigenvalue weighted by molar-refractivity contribution is 7.89. The molecule has 0 aliphatic carbocycles. The van der Waals surface area contributed by atoms with Gasteiger partial charge in [-0.25, -0.2) is 8.42 Å². The summed E-state index contributed by atoms with van der Waals surface area (Å²) in [5.41, 5.74) is 1.85. The Hall–Kier alpha value is -1.44. The molecule has 2 saturated heterocycles. The maximum atomic E-state index is 13.1. The molecule has 1 aromatic rings. The summed E-state index contributed by atoms with van der Waals surface area (Å²) >= 11 is 0. The molecular weight excluding hydrogens is 386 g/mol. The summed E-state index contributed by atoms with van der Waals surface area (Å²) in [5.74, 6) is 1.30. The number of sulfonamides is 1. The lowest BCUT2D eigenvalue weighted by Crippen LogP contribution is -3.19. The van der Waals surface area contributed by atoms with Crippen LogP contribution in [0.5, 0.6) is 0 Å². The SMILES string of the molecule is Cc1ccc(S(=O)(=O)N2CC[NH+]([C@@H](C)C(=O)N3C[C@@H](C)C[C@H](C)C3)CC2)c(C)c1. The van der Waals surface area contributed by atoms with Crippen LogP contribution < -0.4 is 4.90 Å². The highest BCUT2D eigenvalue weighted by Gasteiger charge is 2.37. The number of amides is 1. The van der Waals surface area contributed by atoms with Gasteiger partial charge in [0.2, 0.25) is 10.0 Å². The van der Waals surface area contributed by atoms with Gasteiger partial charge in [0.25, 0.3) is 5.91 Å².